The van der Waals surface area contributed by atoms with Gasteiger partial charge in [-0.25, -0.2) is 0 Å². The molecule has 0 bridgehead atoms. The lowest BCUT2D eigenvalue weighted by Crippen LogP contribution is -2.42. The molecule has 0 unspecified atom stereocenters. The van der Waals surface area contributed by atoms with Crippen LogP contribution in [0, 0.1) is 0 Å². The van der Waals surface area contributed by atoms with Crippen molar-refractivity contribution >= 4 is 5.91 Å². The molecule has 0 saturated carbocycles. The van der Waals surface area contributed by atoms with Crippen LogP contribution in [0.15, 0.2) is 24.3 Å². The summed E-state index contributed by atoms with van der Waals surface area (Å²) in [5.41, 5.74) is 0.206. The fourth-order valence-electron chi connectivity index (χ4n) is 1.88. The number of hydrogen-bond donors (Lipinski definition) is 3. The SMILES string of the molecule is O=C(N[C@@H]1CNC[C@H]1O)c1cccc(OC(F)F)c1. The second kappa shape index (κ2) is 5.94. The van der Waals surface area contributed by atoms with Gasteiger partial charge in [0.25, 0.3) is 5.91 Å². The van der Waals surface area contributed by atoms with Crippen LogP contribution in [-0.2, 0) is 0 Å². The van der Waals surface area contributed by atoms with Crippen molar-refractivity contribution in [2.75, 3.05) is 13.1 Å². The monoisotopic (exact) mass is 272 g/mol. The first kappa shape index (κ1) is 13.7. The molecule has 0 spiro atoms. The van der Waals surface area contributed by atoms with Gasteiger partial charge in [0.15, 0.2) is 0 Å². The van der Waals surface area contributed by atoms with E-state index in [1.54, 1.807) is 0 Å². The molecule has 1 heterocycles. The molecule has 1 saturated heterocycles. The number of aliphatic hydroxyl groups excluding tert-OH is 1. The molecular formula is C12H14F2N2O3. The molecule has 0 aliphatic carbocycles. The quantitative estimate of drug-likeness (QED) is 0.739. The van der Waals surface area contributed by atoms with Crippen molar-refractivity contribution in [1.82, 2.24) is 10.6 Å². The largest absolute Gasteiger partial charge is 0.435 e. The Morgan fingerprint density at radius 3 is 2.89 bits per heavy atom. The van der Waals surface area contributed by atoms with Gasteiger partial charge in [0.2, 0.25) is 0 Å². The Kier molecular flexibility index (Phi) is 4.28. The second-order valence-electron chi connectivity index (χ2n) is 4.21. The smallest absolute Gasteiger partial charge is 0.387 e. The van der Waals surface area contributed by atoms with Gasteiger partial charge < -0.3 is 20.5 Å². The lowest BCUT2D eigenvalue weighted by Gasteiger charge is -2.15. The van der Waals surface area contributed by atoms with Crippen molar-refractivity contribution < 1.29 is 23.4 Å². The number of carbonyl (C=O) groups excluding carboxylic acids is 1. The maximum atomic E-state index is 12.1. The fourth-order valence-corrected chi connectivity index (χ4v) is 1.88. The van der Waals surface area contributed by atoms with Gasteiger partial charge in [-0.1, -0.05) is 6.07 Å². The highest BCUT2D eigenvalue weighted by atomic mass is 19.3. The molecular weight excluding hydrogens is 258 g/mol. The van der Waals surface area contributed by atoms with Crippen LogP contribution in [0.3, 0.4) is 0 Å². The Morgan fingerprint density at radius 1 is 1.47 bits per heavy atom. The third kappa shape index (κ3) is 3.62. The number of ether oxygens (including phenoxy) is 1. The van der Waals surface area contributed by atoms with Crippen molar-refractivity contribution in [3.8, 4) is 5.75 Å². The molecule has 1 aliphatic heterocycles. The topological polar surface area (TPSA) is 70.6 Å². The van der Waals surface area contributed by atoms with E-state index in [2.05, 4.69) is 15.4 Å². The third-order valence-electron chi connectivity index (χ3n) is 2.82. The zero-order valence-electron chi connectivity index (χ0n) is 9.98. The number of carbonyl (C=O) groups is 1. The highest BCUT2D eigenvalue weighted by molar-refractivity contribution is 5.94. The highest BCUT2D eigenvalue weighted by Gasteiger charge is 2.26. The van der Waals surface area contributed by atoms with Crippen LogP contribution < -0.4 is 15.4 Å². The van der Waals surface area contributed by atoms with Crippen LogP contribution >= 0.6 is 0 Å². The van der Waals surface area contributed by atoms with Crippen LogP contribution in [0.25, 0.3) is 0 Å². The summed E-state index contributed by atoms with van der Waals surface area (Å²) in [6, 6.07) is 5.14. The minimum Gasteiger partial charge on any atom is -0.435 e. The molecule has 104 valence electrons. The van der Waals surface area contributed by atoms with Gasteiger partial charge in [-0.05, 0) is 18.2 Å². The average molecular weight is 272 g/mol. The second-order valence-corrected chi connectivity index (χ2v) is 4.21. The van der Waals surface area contributed by atoms with E-state index in [1.165, 1.54) is 24.3 Å². The number of β-amino-alcohol motifs (C(OH)–C–C–N with tert-alkyl or cyclic N) is 1. The lowest BCUT2D eigenvalue weighted by atomic mass is 10.1. The van der Waals surface area contributed by atoms with Crippen LogP contribution in [0.2, 0.25) is 0 Å². The first-order chi connectivity index (χ1) is 9.06. The number of nitrogens with one attached hydrogen (secondary N) is 2. The molecule has 5 nitrogen and oxygen atoms in total. The zero-order chi connectivity index (χ0) is 13.8. The normalized spacial score (nSPS) is 22.5. The molecule has 7 heteroatoms. The Morgan fingerprint density at radius 2 is 2.26 bits per heavy atom. The predicted octanol–water partition coefficient (Wildman–Crippen LogP) is 0.351. The maximum Gasteiger partial charge on any atom is 0.387 e. The average Bonchev–Trinajstić information content (AvgIpc) is 2.74. The van der Waals surface area contributed by atoms with Crippen molar-refractivity contribution in [2.24, 2.45) is 0 Å². The summed E-state index contributed by atoms with van der Waals surface area (Å²) in [6.07, 6.45) is -0.649. The number of alkyl halides is 2. The Labute approximate surface area is 108 Å². The molecule has 0 radical (unpaired) electrons. The molecule has 1 aromatic rings. The number of hydrogen-bond acceptors (Lipinski definition) is 4. The van der Waals surface area contributed by atoms with E-state index in [9.17, 15) is 18.7 Å². The van der Waals surface area contributed by atoms with E-state index in [1.807, 2.05) is 0 Å². The van der Waals surface area contributed by atoms with Gasteiger partial charge in [0.05, 0.1) is 12.1 Å². The molecule has 0 aromatic heterocycles. The molecule has 3 N–H and O–H groups in total. The molecule has 1 aromatic carbocycles. The molecule has 2 atom stereocenters. The van der Waals surface area contributed by atoms with Gasteiger partial charge in [-0.2, -0.15) is 8.78 Å². The van der Waals surface area contributed by atoms with Crippen LogP contribution in [0.5, 0.6) is 5.75 Å². The molecule has 19 heavy (non-hydrogen) atoms. The van der Waals surface area contributed by atoms with Crippen molar-refractivity contribution in [3.05, 3.63) is 29.8 Å². The van der Waals surface area contributed by atoms with Crippen LogP contribution in [-0.4, -0.2) is 42.9 Å². The molecule has 1 aliphatic rings. The Hall–Kier alpha value is -1.73. The van der Waals surface area contributed by atoms with Gasteiger partial charge in [0, 0.05) is 18.7 Å². The van der Waals surface area contributed by atoms with Crippen molar-refractivity contribution in [1.29, 1.82) is 0 Å². The standard InChI is InChI=1S/C12H14F2N2O3/c13-12(14)19-8-3-1-2-7(4-8)11(18)16-9-5-15-6-10(9)17/h1-4,9-10,12,15,17H,5-6H2,(H,16,18)/t9-,10-/m1/s1. The Bertz CT molecular complexity index is 456. The van der Waals surface area contributed by atoms with Gasteiger partial charge >= 0.3 is 6.61 Å². The number of aliphatic hydroxyl groups is 1. The number of halogens is 2. The first-order valence-corrected chi connectivity index (χ1v) is 5.81. The van der Waals surface area contributed by atoms with E-state index >= 15 is 0 Å². The number of amides is 1. The first-order valence-electron chi connectivity index (χ1n) is 5.81. The van der Waals surface area contributed by atoms with E-state index in [0.717, 1.165) is 0 Å². The van der Waals surface area contributed by atoms with Crippen LogP contribution in [0.4, 0.5) is 8.78 Å². The minimum absolute atomic E-state index is 0.0762. The number of rotatable bonds is 4. The number of benzene rings is 1. The highest BCUT2D eigenvalue weighted by Crippen LogP contribution is 2.16. The van der Waals surface area contributed by atoms with Gasteiger partial charge in [0.1, 0.15) is 5.75 Å². The molecule has 2 rings (SSSR count). The van der Waals surface area contributed by atoms with Gasteiger partial charge in [-0.3, -0.25) is 4.79 Å². The lowest BCUT2D eigenvalue weighted by molar-refractivity contribution is -0.0498. The summed E-state index contributed by atoms with van der Waals surface area (Å²) in [5.74, 6) is -0.514. The summed E-state index contributed by atoms with van der Waals surface area (Å²) < 4.78 is 28.4. The van der Waals surface area contributed by atoms with E-state index < -0.39 is 18.6 Å². The summed E-state index contributed by atoms with van der Waals surface area (Å²) >= 11 is 0. The predicted molar refractivity (Wildman–Crippen MR) is 63.2 cm³/mol. The Balaban J connectivity index is 2.02. The fraction of sp³-hybridized carbons (Fsp3) is 0.417. The maximum absolute atomic E-state index is 12.1. The summed E-state index contributed by atoms with van der Waals surface area (Å²) in [5, 5.41) is 15.1. The molecule has 1 amide bonds. The van der Waals surface area contributed by atoms with Crippen molar-refractivity contribution in [3.63, 3.8) is 0 Å². The summed E-state index contributed by atoms with van der Waals surface area (Å²) in [7, 11) is 0. The summed E-state index contributed by atoms with van der Waals surface area (Å²) in [6.45, 7) is -2.04. The van der Waals surface area contributed by atoms with E-state index in [0.29, 0.717) is 13.1 Å². The van der Waals surface area contributed by atoms with Gasteiger partial charge in [-0.15, -0.1) is 0 Å². The van der Waals surface area contributed by atoms with Crippen LogP contribution in [0.1, 0.15) is 10.4 Å². The summed E-state index contributed by atoms with van der Waals surface area (Å²) in [4.78, 5) is 11.9. The van der Waals surface area contributed by atoms with Crippen molar-refractivity contribution in [2.45, 2.75) is 18.8 Å². The zero-order valence-corrected chi connectivity index (χ0v) is 9.98. The minimum atomic E-state index is -2.93. The molecule has 1 fully saturated rings. The van der Waals surface area contributed by atoms with E-state index in [4.69, 9.17) is 0 Å². The van der Waals surface area contributed by atoms with E-state index in [-0.39, 0.29) is 17.4 Å². The third-order valence-corrected chi connectivity index (χ3v) is 2.82.